The molecule has 1 heterocycles. The van der Waals surface area contributed by atoms with Crippen molar-refractivity contribution in [2.24, 2.45) is 5.41 Å². The molecule has 2 saturated carbocycles. The molecule has 1 aromatic rings. The average molecular weight is 267 g/mol. The minimum absolute atomic E-state index is 0.659. The van der Waals surface area contributed by atoms with Crippen LogP contribution in [-0.2, 0) is 0 Å². The number of hydrogen-bond donors (Lipinski definition) is 1. The van der Waals surface area contributed by atoms with E-state index in [1.54, 1.807) is 0 Å². The fourth-order valence-electron chi connectivity index (χ4n) is 2.87. The van der Waals surface area contributed by atoms with E-state index < -0.39 is 0 Å². The van der Waals surface area contributed by atoms with Crippen LogP contribution in [0.3, 0.4) is 0 Å². The van der Waals surface area contributed by atoms with Crippen LogP contribution in [0.4, 0.5) is 5.82 Å². The van der Waals surface area contributed by atoms with Gasteiger partial charge in [-0.15, -0.1) is 0 Å². The van der Waals surface area contributed by atoms with Crippen molar-refractivity contribution in [2.75, 3.05) is 5.32 Å². The Labute approximate surface area is 98.6 Å². The first kappa shape index (κ1) is 9.64. The van der Waals surface area contributed by atoms with Gasteiger partial charge in [-0.25, -0.2) is 4.98 Å². The Kier molecular flexibility index (Phi) is 2.23. The summed E-state index contributed by atoms with van der Waals surface area (Å²) >= 11 is 3.39. The zero-order valence-corrected chi connectivity index (χ0v) is 10.3. The standard InChI is InChI=1S/C12H15BrN2/c13-10-3-1-4-11(15-10)14-9-7-12(8-9)5-2-6-12/h1,3-4,9H,2,5-8H2,(H,14,15). The summed E-state index contributed by atoms with van der Waals surface area (Å²) < 4.78 is 0.908. The number of nitrogens with zero attached hydrogens (tertiary/aromatic N) is 1. The molecule has 0 saturated heterocycles. The number of halogens is 1. The Morgan fingerprint density at radius 1 is 1.33 bits per heavy atom. The van der Waals surface area contributed by atoms with Crippen LogP contribution in [0.25, 0.3) is 0 Å². The molecule has 0 amide bonds. The number of nitrogens with one attached hydrogen (secondary N) is 1. The second-order valence-corrected chi connectivity index (χ2v) is 5.76. The molecule has 3 rings (SSSR count). The molecule has 0 bridgehead atoms. The Hall–Kier alpha value is -0.570. The van der Waals surface area contributed by atoms with E-state index in [-0.39, 0.29) is 0 Å². The number of anilines is 1. The highest BCUT2D eigenvalue weighted by molar-refractivity contribution is 9.10. The Bertz CT molecular complexity index is 366. The molecular formula is C12H15BrN2. The van der Waals surface area contributed by atoms with E-state index in [0.717, 1.165) is 15.8 Å². The molecule has 0 unspecified atom stereocenters. The Morgan fingerprint density at radius 3 is 2.73 bits per heavy atom. The number of hydrogen-bond acceptors (Lipinski definition) is 2. The SMILES string of the molecule is Brc1cccc(NC2CC3(CCC3)C2)n1. The van der Waals surface area contributed by atoms with E-state index in [1.165, 1.54) is 32.1 Å². The van der Waals surface area contributed by atoms with Crippen LogP contribution in [0, 0.1) is 5.41 Å². The van der Waals surface area contributed by atoms with Gasteiger partial charge in [-0.05, 0) is 59.2 Å². The van der Waals surface area contributed by atoms with Crippen LogP contribution in [0.2, 0.25) is 0 Å². The van der Waals surface area contributed by atoms with Gasteiger partial charge in [-0.3, -0.25) is 0 Å². The molecule has 2 fully saturated rings. The maximum absolute atomic E-state index is 4.39. The second-order valence-electron chi connectivity index (χ2n) is 4.95. The summed E-state index contributed by atoms with van der Waals surface area (Å²) in [4.78, 5) is 4.39. The monoisotopic (exact) mass is 266 g/mol. The summed E-state index contributed by atoms with van der Waals surface area (Å²) in [5.41, 5.74) is 0.740. The van der Waals surface area contributed by atoms with E-state index in [1.807, 2.05) is 18.2 Å². The molecule has 0 aromatic carbocycles. The highest BCUT2D eigenvalue weighted by Gasteiger charge is 2.48. The van der Waals surface area contributed by atoms with Crippen LogP contribution < -0.4 is 5.32 Å². The van der Waals surface area contributed by atoms with Crippen molar-refractivity contribution in [1.82, 2.24) is 4.98 Å². The fourth-order valence-corrected chi connectivity index (χ4v) is 3.21. The van der Waals surface area contributed by atoms with E-state index in [0.29, 0.717) is 6.04 Å². The zero-order valence-electron chi connectivity index (χ0n) is 8.67. The lowest BCUT2D eigenvalue weighted by molar-refractivity contribution is 0.0191. The van der Waals surface area contributed by atoms with E-state index >= 15 is 0 Å². The van der Waals surface area contributed by atoms with Crippen LogP contribution in [0.5, 0.6) is 0 Å². The van der Waals surface area contributed by atoms with E-state index in [9.17, 15) is 0 Å². The third-order valence-corrected chi connectivity index (χ3v) is 4.28. The van der Waals surface area contributed by atoms with Crippen molar-refractivity contribution in [1.29, 1.82) is 0 Å². The number of aromatic nitrogens is 1. The summed E-state index contributed by atoms with van der Waals surface area (Å²) in [6, 6.07) is 6.68. The molecule has 1 N–H and O–H groups in total. The van der Waals surface area contributed by atoms with Gasteiger partial charge in [-0.1, -0.05) is 12.5 Å². The molecule has 0 radical (unpaired) electrons. The molecule has 15 heavy (non-hydrogen) atoms. The van der Waals surface area contributed by atoms with Crippen molar-refractivity contribution in [3.05, 3.63) is 22.8 Å². The first-order valence-electron chi connectivity index (χ1n) is 5.65. The zero-order chi connectivity index (χ0) is 10.3. The fraction of sp³-hybridized carbons (Fsp3) is 0.583. The van der Waals surface area contributed by atoms with E-state index in [2.05, 4.69) is 26.2 Å². The highest BCUT2D eigenvalue weighted by atomic mass is 79.9. The highest BCUT2D eigenvalue weighted by Crippen LogP contribution is 2.56. The number of pyridine rings is 1. The molecule has 1 spiro atoms. The van der Waals surface area contributed by atoms with Gasteiger partial charge < -0.3 is 5.32 Å². The van der Waals surface area contributed by atoms with Gasteiger partial charge in [-0.2, -0.15) is 0 Å². The average Bonchev–Trinajstić information content (AvgIpc) is 2.07. The van der Waals surface area contributed by atoms with Crippen LogP contribution in [0.1, 0.15) is 32.1 Å². The predicted octanol–water partition coefficient (Wildman–Crippen LogP) is 3.59. The normalized spacial score (nSPS) is 23.3. The maximum atomic E-state index is 4.39. The molecule has 2 aliphatic rings. The van der Waals surface area contributed by atoms with Gasteiger partial charge in [0.2, 0.25) is 0 Å². The van der Waals surface area contributed by atoms with Crippen molar-refractivity contribution >= 4 is 21.7 Å². The Balaban J connectivity index is 1.58. The van der Waals surface area contributed by atoms with Crippen molar-refractivity contribution in [2.45, 2.75) is 38.1 Å². The molecular weight excluding hydrogens is 252 g/mol. The summed E-state index contributed by atoms with van der Waals surface area (Å²) in [7, 11) is 0. The largest absolute Gasteiger partial charge is 0.367 e. The van der Waals surface area contributed by atoms with Crippen LogP contribution in [-0.4, -0.2) is 11.0 Å². The van der Waals surface area contributed by atoms with Gasteiger partial charge in [0.05, 0.1) is 0 Å². The van der Waals surface area contributed by atoms with Gasteiger partial charge in [0, 0.05) is 6.04 Å². The lowest BCUT2D eigenvalue weighted by Crippen LogP contribution is -2.49. The second kappa shape index (κ2) is 3.48. The first-order chi connectivity index (χ1) is 7.26. The van der Waals surface area contributed by atoms with E-state index in [4.69, 9.17) is 0 Å². The quantitative estimate of drug-likeness (QED) is 0.828. The third kappa shape index (κ3) is 1.78. The maximum Gasteiger partial charge on any atom is 0.127 e. The summed E-state index contributed by atoms with van der Waals surface area (Å²) in [5.74, 6) is 1.00. The lowest BCUT2D eigenvalue weighted by atomic mass is 9.54. The minimum Gasteiger partial charge on any atom is -0.367 e. The van der Waals surface area contributed by atoms with Gasteiger partial charge in [0.25, 0.3) is 0 Å². The van der Waals surface area contributed by atoms with Gasteiger partial charge >= 0.3 is 0 Å². The molecule has 0 atom stereocenters. The third-order valence-electron chi connectivity index (χ3n) is 3.84. The van der Waals surface area contributed by atoms with Crippen LogP contribution in [0.15, 0.2) is 22.8 Å². The van der Waals surface area contributed by atoms with Crippen molar-refractivity contribution < 1.29 is 0 Å². The lowest BCUT2D eigenvalue weighted by Gasteiger charge is -2.54. The molecule has 2 aliphatic carbocycles. The van der Waals surface area contributed by atoms with Crippen molar-refractivity contribution in [3.8, 4) is 0 Å². The van der Waals surface area contributed by atoms with Crippen LogP contribution >= 0.6 is 15.9 Å². The molecule has 0 aliphatic heterocycles. The summed E-state index contributed by atoms with van der Waals surface area (Å²) in [6.45, 7) is 0. The molecule has 2 nitrogen and oxygen atoms in total. The van der Waals surface area contributed by atoms with Crippen molar-refractivity contribution in [3.63, 3.8) is 0 Å². The van der Waals surface area contributed by atoms with Gasteiger partial charge in [0.15, 0.2) is 0 Å². The minimum atomic E-state index is 0.659. The number of rotatable bonds is 2. The smallest absolute Gasteiger partial charge is 0.127 e. The molecule has 1 aromatic heterocycles. The van der Waals surface area contributed by atoms with Gasteiger partial charge in [0.1, 0.15) is 10.4 Å². The molecule has 3 heteroatoms. The Morgan fingerprint density at radius 2 is 2.13 bits per heavy atom. The first-order valence-corrected chi connectivity index (χ1v) is 6.44. The predicted molar refractivity (Wildman–Crippen MR) is 64.9 cm³/mol. The summed E-state index contributed by atoms with van der Waals surface area (Å²) in [6.07, 6.45) is 7.05. The summed E-state index contributed by atoms with van der Waals surface area (Å²) in [5, 5.41) is 3.50. The topological polar surface area (TPSA) is 24.9 Å². The molecule has 80 valence electrons.